The van der Waals surface area contributed by atoms with Gasteiger partial charge >= 0.3 is 17.9 Å². The van der Waals surface area contributed by atoms with Crippen LogP contribution in [0.4, 0.5) is 0 Å². The van der Waals surface area contributed by atoms with E-state index in [0.29, 0.717) is 18.4 Å². The van der Waals surface area contributed by atoms with E-state index in [1.54, 1.807) is 26.8 Å². The normalized spacial score (nSPS) is 47.1. The van der Waals surface area contributed by atoms with Gasteiger partial charge in [-0.1, -0.05) is 27.7 Å². The number of Topliss-reactive ketones (excluding diaryl/α,β-unsaturated/α-hetero) is 1. The Hall–Kier alpha value is -2.76. The Morgan fingerprint density at radius 2 is 1.85 bits per heavy atom. The standard InChI is InChI=1S/C29H36O11/c1-13(30)38-23-25(2,3)19(18(32)21(33)36-6)27(5)15-7-9-26(4)16(29(15)24(40-29)28(23,35)22(27)34)11-17(31)39-20(26)14-8-10-37-12-14/h8,10,12,15-16,18-20,23-24,32,35H,7,9,11H2,1-6H3/t15-,16+,18-,19+,20+,23+,24-,26-,27-,28+,29-/m1/s1. The molecule has 11 nitrogen and oxygen atoms in total. The van der Waals surface area contributed by atoms with Crippen molar-refractivity contribution in [1.29, 1.82) is 0 Å². The molecule has 11 heteroatoms. The van der Waals surface area contributed by atoms with Gasteiger partial charge in [-0.3, -0.25) is 14.4 Å². The van der Waals surface area contributed by atoms with Crippen molar-refractivity contribution in [3.05, 3.63) is 24.2 Å². The third-order valence-electron chi connectivity index (χ3n) is 11.1. The van der Waals surface area contributed by atoms with Crippen LogP contribution in [0.2, 0.25) is 0 Å². The van der Waals surface area contributed by atoms with E-state index in [4.69, 9.17) is 23.4 Å². The van der Waals surface area contributed by atoms with Crippen molar-refractivity contribution in [3.8, 4) is 0 Å². The highest BCUT2D eigenvalue weighted by Crippen LogP contribution is 2.78. The number of esters is 3. The molecular weight excluding hydrogens is 524 g/mol. The zero-order valence-electron chi connectivity index (χ0n) is 23.5. The zero-order valence-corrected chi connectivity index (χ0v) is 23.5. The molecule has 40 heavy (non-hydrogen) atoms. The number of furan rings is 1. The highest BCUT2D eigenvalue weighted by atomic mass is 16.6. The van der Waals surface area contributed by atoms with Crippen LogP contribution < -0.4 is 0 Å². The Bertz CT molecular complexity index is 1290. The first kappa shape index (κ1) is 27.4. The molecule has 3 heterocycles. The number of ketones is 1. The fourth-order valence-electron chi connectivity index (χ4n) is 9.80. The van der Waals surface area contributed by atoms with Crippen LogP contribution in [-0.4, -0.2) is 70.5 Å². The smallest absolute Gasteiger partial charge is 0.335 e. The van der Waals surface area contributed by atoms with Crippen molar-refractivity contribution in [2.75, 3.05) is 7.11 Å². The van der Waals surface area contributed by atoms with Crippen LogP contribution in [0.15, 0.2) is 23.0 Å². The number of carbonyl (C=O) groups excluding carboxylic acids is 4. The van der Waals surface area contributed by atoms with E-state index in [2.05, 4.69) is 0 Å². The minimum atomic E-state index is -2.28. The lowest BCUT2D eigenvalue weighted by molar-refractivity contribution is -0.260. The summed E-state index contributed by atoms with van der Waals surface area (Å²) in [7, 11) is 1.14. The van der Waals surface area contributed by atoms with Gasteiger partial charge in [-0.05, 0) is 18.9 Å². The molecule has 3 saturated carbocycles. The Labute approximate surface area is 231 Å². The summed E-state index contributed by atoms with van der Waals surface area (Å²) in [5, 5.41) is 23.8. The number of fused-ring (bicyclic) bond motifs is 5. The fourth-order valence-corrected chi connectivity index (χ4v) is 9.80. The monoisotopic (exact) mass is 560 g/mol. The van der Waals surface area contributed by atoms with Gasteiger partial charge in [-0.25, -0.2) is 4.79 Å². The summed E-state index contributed by atoms with van der Waals surface area (Å²) in [6.45, 7) is 8.18. The summed E-state index contributed by atoms with van der Waals surface area (Å²) in [5.74, 6) is -4.92. The first-order chi connectivity index (χ1) is 18.6. The molecule has 6 rings (SSSR count). The summed E-state index contributed by atoms with van der Waals surface area (Å²) in [4.78, 5) is 52.7. The van der Waals surface area contributed by atoms with Crippen LogP contribution >= 0.6 is 0 Å². The van der Waals surface area contributed by atoms with Crippen LogP contribution in [-0.2, 0) is 38.1 Å². The van der Waals surface area contributed by atoms with Crippen molar-refractivity contribution in [1.82, 2.24) is 0 Å². The Balaban J connectivity index is 1.56. The summed E-state index contributed by atoms with van der Waals surface area (Å²) in [6.07, 6.45) is -0.893. The highest BCUT2D eigenvalue weighted by molar-refractivity contribution is 5.99. The number of carbonyl (C=O) groups is 4. The molecule has 0 radical (unpaired) electrons. The van der Waals surface area contributed by atoms with E-state index in [1.807, 2.05) is 6.92 Å². The van der Waals surface area contributed by atoms with Gasteiger partial charge in [0.25, 0.3) is 0 Å². The molecule has 11 atom stereocenters. The Kier molecular flexibility index (Phi) is 5.60. The number of aliphatic hydroxyl groups excluding tert-OH is 1. The minimum Gasteiger partial charge on any atom is -0.472 e. The van der Waals surface area contributed by atoms with Gasteiger partial charge in [0.2, 0.25) is 0 Å². The molecule has 5 aliphatic rings. The van der Waals surface area contributed by atoms with Crippen LogP contribution in [0.3, 0.4) is 0 Å². The molecule has 1 aromatic rings. The number of cyclic esters (lactones) is 1. The van der Waals surface area contributed by atoms with Crippen molar-refractivity contribution < 1.29 is 52.8 Å². The average molecular weight is 561 g/mol. The van der Waals surface area contributed by atoms with Gasteiger partial charge in [-0.15, -0.1) is 0 Å². The molecule has 1 spiro atoms. The van der Waals surface area contributed by atoms with Crippen LogP contribution in [0.1, 0.15) is 65.5 Å². The molecule has 218 valence electrons. The SMILES string of the molecule is COC(=O)[C@H](O)[C@H]1C(C)(C)[C@H](OC(C)=O)[C@@]2(O)C(=O)[C@]1(C)[C@H]1CC[C@@]3(C)[C@H](c4ccoc4)OC(=O)C[C@@H]3[C@]13O[C@H]23. The second-order valence-electron chi connectivity index (χ2n) is 13.3. The summed E-state index contributed by atoms with van der Waals surface area (Å²) in [6, 6.07) is 1.75. The first-order valence-corrected chi connectivity index (χ1v) is 13.7. The van der Waals surface area contributed by atoms with E-state index >= 15 is 0 Å². The number of aliphatic hydroxyl groups is 2. The van der Waals surface area contributed by atoms with Gasteiger partial charge < -0.3 is 33.6 Å². The van der Waals surface area contributed by atoms with Crippen molar-refractivity contribution in [2.45, 2.75) is 89.5 Å². The summed E-state index contributed by atoms with van der Waals surface area (Å²) < 4.78 is 28.2. The molecular formula is C29H36O11. The lowest BCUT2D eigenvalue weighted by Gasteiger charge is -2.67. The number of rotatable bonds is 4. The van der Waals surface area contributed by atoms with Crippen LogP contribution in [0.5, 0.6) is 0 Å². The fraction of sp³-hybridized carbons (Fsp3) is 0.724. The van der Waals surface area contributed by atoms with E-state index < -0.39 is 93.3 Å². The largest absolute Gasteiger partial charge is 0.472 e. The molecule has 5 fully saturated rings. The molecule has 1 aromatic heterocycles. The number of ether oxygens (including phenoxy) is 4. The van der Waals surface area contributed by atoms with Crippen LogP contribution in [0, 0.1) is 34.0 Å². The highest BCUT2D eigenvalue weighted by Gasteiger charge is 2.91. The number of epoxide rings is 1. The van der Waals surface area contributed by atoms with E-state index in [1.165, 1.54) is 19.5 Å². The lowest BCUT2D eigenvalue weighted by Crippen LogP contribution is -2.81. The lowest BCUT2D eigenvalue weighted by atomic mass is 9.36. The first-order valence-electron chi connectivity index (χ1n) is 13.7. The van der Waals surface area contributed by atoms with E-state index in [9.17, 15) is 29.4 Å². The second-order valence-corrected chi connectivity index (χ2v) is 13.3. The minimum absolute atomic E-state index is 0.00987. The third-order valence-corrected chi connectivity index (χ3v) is 11.1. The van der Waals surface area contributed by atoms with Gasteiger partial charge in [0.05, 0.1) is 26.1 Å². The maximum Gasteiger partial charge on any atom is 0.335 e. The number of hydrogen-bond donors (Lipinski definition) is 2. The molecule has 2 N–H and O–H groups in total. The predicted octanol–water partition coefficient (Wildman–Crippen LogP) is 1.88. The topological polar surface area (TPSA) is 162 Å². The zero-order chi connectivity index (χ0) is 29.2. The third kappa shape index (κ3) is 3.01. The second kappa shape index (κ2) is 8.17. The van der Waals surface area contributed by atoms with E-state index in [0.717, 1.165) is 7.11 Å². The maximum atomic E-state index is 14.5. The number of methoxy groups -OCH3 is 1. The molecule has 0 aromatic carbocycles. The van der Waals surface area contributed by atoms with Crippen molar-refractivity contribution >= 4 is 23.7 Å². The predicted molar refractivity (Wildman–Crippen MR) is 133 cm³/mol. The van der Waals surface area contributed by atoms with Gasteiger partial charge in [0, 0.05) is 46.5 Å². The van der Waals surface area contributed by atoms with E-state index in [-0.39, 0.29) is 6.42 Å². The molecule has 2 aliphatic heterocycles. The van der Waals surface area contributed by atoms with Crippen molar-refractivity contribution in [2.24, 2.45) is 34.0 Å². The van der Waals surface area contributed by atoms with Crippen LogP contribution in [0.25, 0.3) is 0 Å². The molecule has 3 aliphatic carbocycles. The molecule has 2 saturated heterocycles. The molecule has 2 bridgehead atoms. The average Bonchev–Trinajstić information content (AvgIpc) is 3.37. The molecule has 0 amide bonds. The number of hydrogen-bond acceptors (Lipinski definition) is 11. The maximum absolute atomic E-state index is 14.5. The van der Waals surface area contributed by atoms with Gasteiger partial charge in [0.15, 0.2) is 17.5 Å². The summed E-state index contributed by atoms with van der Waals surface area (Å²) in [5.41, 5.74) is -6.16. The molecule has 0 unspecified atom stereocenters. The quantitative estimate of drug-likeness (QED) is 0.314. The van der Waals surface area contributed by atoms with Crippen molar-refractivity contribution in [3.63, 3.8) is 0 Å². The van der Waals surface area contributed by atoms with Gasteiger partial charge in [-0.2, -0.15) is 0 Å². The summed E-state index contributed by atoms with van der Waals surface area (Å²) >= 11 is 0. The Morgan fingerprint density at radius 1 is 1.15 bits per heavy atom. The Morgan fingerprint density at radius 3 is 2.45 bits per heavy atom. The van der Waals surface area contributed by atoms with Gasteiger partial charge in [0.1, 0.15) is 23.9 Å².